The first-order valence-corrected chi connectivity index (χ1v) is 11.7. The first-order valence-electron chi connectivity index (χ1n) is 11.7. The van der Waals surface area contributed by atoms with Gasteiger partial charge >= 0.3 is 0 Å². The van der Waals surface area contributed by atoms with Crippen molar-refractivity contribution in [2.24, 2.45) is 11.0 Å². The minimum absolute atomic E-state index is 0.0793. The number of hydrazone groups is 1. The highest BCUT2D eigenvalue weighted by Crippen LogP contribution is 2.29. The summed E-state index contributed by atoms with van der Waals surface area (Å²) < 4.78 is 24.3. The van der Waals surface area contributed by atoms with Crippen molar-refractivity contribution in [3.8, 4) is 11.5 Å². The first kappa shape index (κ1) is 24.9. The van der Waals surface area contributed by atoms with Gasteiger partial charge in [0.25, 0.3) is 0 Å². The number of halogens is 1. The highest BCUT2D eigenvalue weighted by molar-refractivity contribution is 6.00. The van der Waals surface area contributed by atoms with Gasteiger partial charge in [0.15, 0.2) is 11.5 Å². The van der Waals surface area contributed by atoms with Gasteiger partial charge in [-0.25, -0.2) is 9.82 Å². The first-order chi connectivity index (χ1) is 17.5. The summed E-state index contributed by atoms with van der Waals surface area (Å²) in [6.45, 7) is 2.66. The smallest absolute Gasteiger partial charge is 0.245 e. The third-order valence-electron chi connectivity index (χ3n) is 6.04. The number of carbonyl (C=O) groups excluding carboxylic acids is 2. The molecule has 0 saturated carbocycles. The predicted octanol–water partition coefficient (Wildman–Crippen LogP) is 4.48. The lowest BCUT2D eigenvalue weighted by Gasteiger charge is -2.16. The fourth-order valence-corrected chi connectivity index (χ4v) is 3.93. The second-order valence-corrected chi connectivity index (χ2v) is 8.49. The molecule has 0 aliphatic carbocycles. The Hall–Kier alpha value is -4.20. The molecule has 186 valence electrons. The molecular formula is C28H28FN3O4. The highest BCUT2D eigenvalue weighted by atomic mass is 19.1. The number of nitrogens with one attached hydrogen (secondary N) is 1. The largest absolute Gasteiger partial charge is 0.493 e. The van der Waals surface area contributed by atoms with Crippen molar-refractivity contribution in [2.75, 3.05) is 18.6 Å². The van der Waals surface area contributed by atoms with Crippen LogP contribution >= 0.6 is 0 Å². The summed E-state index contributed by atoms with van der Waals surface area (Å²) in [6.07, 6.45) is 2.57. The Morgan fingerprint density at radius 1 is 1.08 bits per heavy atom. The SMILES string of the molecule is CCc1ccc(N2C[C@@H](C(=O)N/N=C/c3ccc(OCc4ccc(F)cc4)c(OC)c3)CC2=O)cc1. The van der Waals surface area contributed by atoms with Crippen LogP contribution < -0.4 is 19.8 Å². The van der Waals surface area contributed by atoms with E-state index in [-0.39, 0.29) is 30.7 Å². The summed E-state index contributed by atoms with van der Waals surface area (Å²) >= 11 is 0. The van der Waals surface area contributed by atoms with Crippen LogP contribution in [0.4, 0.5) is 10.1 Å². The van der Waals surface area contributed by atoms with Crippen molar-refractivity contribution in [1.82, 2.24) is 5.43 Å². The van der Waals surface area contributed by atoms with Gasteiger partial charge in [-0.3, -0.25) is 9.59 Å². The van der Waals surface area contributed by atoms with E-state index in [1.165, 1.54) is 31.0 Å². The molecule has 4 rings (SSSR count). The average molecular weight is 490 g/mol. The number of nitrogens with zero attached hydrogens (tertiary/aromatic N) is 2. The van der Waals surface area contributed by atoms with Crippen LogP contribution in [0, 0.1) is 11.7 Å². The van der Waals surface area contributed by atoms with E-state index in [0.29, 0.717) is 23.6 Å². The Morgan fingerprint density at radius 3 is 2.50 bits per heavy atom. The van der Waals surface area contributed by atoms with Crippen molar-refractivity contribution in [3.05, 3.63) is 89.2 Å². The Kier molecular flexibility index (Phi) is 7.95. The van der Waals surface area contributed by atoms with E-state index in [0.717, 1.165) is 17.7 Å². The normalized spacial score (nSPS) is 15.4. The van der Waals surface area contributed by atoms with Gasteiger partial charge in [-0.2, -0.15) is 5.10 Å². The molecule has 3 aromatic rings. The van der Waals surface area contributed by atoms with Crippen LogP contribution in [0.5, 0.6) is 11.5 Å². The third kappa shape index (κ3) is 6.07. The lowest BCUT2D eigenvalue weighted by Crippen LogP contribution is -2.30. The van der Waals surface area contributed by atoms with Crippen LogP contribution in [0.15, 0.2) is 71.8 Å². The molecule has 36 heavy (non-hydrogen) atoms. The van der Waals surface area contributed by atoms with Crippen molar-refractivity contribution >= 4 is 23.7 Å². The van der Waals surface area contributed by atoms with Gasteiger partial charge in [-0.05, 0) is 65.6 Å². The van der Waals surface area contributed by atoms with Crippen LogP contribution in [0.1, 0.15) is 30.0 Å². The number of amides is 2. The van der Waals surface area contributed by atoms with E-state index < -0.39 is 5.92 Å². The van der Waals surface area contributed by atoms with Crippen molar-refractivity contribution in [1.29, 1.82) is 0 Å². The molecule has 1 fully saturated rings. The van der Waals surface area contributed by atoms with E-state index >= 15 is 0 Å². The van der Waals surface area contributed by atoms with Crippen LogP contribution in [0.3, 0.4) is 0 Å². The van der Waals surface area contributed by atoms with E-state index in [1.54, 1.807) is 35.2 Å². The minimum atomic E-state index is -0.475. The molecular weight excluding hydrogens is 461 g/mol. The Labute approximate surface area is 209 Å². The fraction of sp³-hybridized carbons (Fsp3) is 0.250. The lowest BCUT2D eigenvalue weighted by molar-refractivity contribution is -0.126. The molecule has 1 atom stereocenters. The zero-order valence-corrected chi connectivity index (χ0v) is 20.2. The number of ether oxygens (including phenoxy) is 2. The average Bonchev–Trinajstić information content (AvgIpc) is 3.30. The Balaban J connectivity index is 1.32. The van der Waals surface area contributed by atoms with Gasteiger partial charge in [0.1, 0.15) is 12.4 Å². The summed E-state index contributed by atoms with van der Waals surface area (Å²) in [6, 6.07) is 19.1. The Bertz CT molecular complexity index is 1240. The fourth-order valence-electron chi connectivity index (χ4n) is 3.93. The molecule has 0 aromatic heterocycles. The number of hydrogen-bond acceptors (Lipinski definition) is 5. The maximum atomic E-state index is 13.1. The predicted molar refractivity (Wildman–Crippen MR) is 136 cm³/mol. The monoisotopic (exact) mass is 489 g/mol. The standard InChI is InChI=1S/C28H28FN3O4/c1-3-19-6-11-24(12-7-19)32-17-22(15-27(32)33)28(34)31-30-16-21-8-13-25(26(14-21)35-2)36-18-20-4-9-23(29)10-5-20/h4-14,16,22H,3,15,17-18H2,1-2H3,(H,31,34)/b30-16+/t22-/m0/s1. The molecule has 1 aliphatic rings. The highest BCUT2D eigenvalue weighted by Gasteiger charge is 2.35. The summed E-state index contributed by atoms with van der Waals surface area (Å²) in [7, 11) is 1.53. The van der Waals surface area contributed by atoms with E-state index in [9.17, 15) is 14.0 Å². The summed E-state index contributed by atoms with van der Waals surface area (Å²) in [5.41, 5.74) is 6.05. The summed E-state index contributed by atoms with van der Waals surface area (Å²) in [5, 5.41) is 4.05. The summed E-state index contributed by atoms with van der Waals surface area (Å²) in [4.78, 5) is 26.7. The molecule has 0 radical (unpaired) electrons. The van der Waals surface area contributed by atoms with Crippen LogP contribution in [-0.2, 0) is 22.6 Å². The quantitative estimate of drug-likeness (QED) is 0.355. The maximum Gasteiger partial charge on any atom is 0.245 e. The molecule has 1 aliphatic heterocycles. The number of methoxy groups -OCH3 is 1. The van der Waals surface area contributed by atoms with E-state index in [2.05, 4.69) is 17.5 Å². The van der Waals surface area contributed by atoms with Gasteiger partial charge in [0.05, 0.1) is 19.2 Å². The van der Waals surface area contributed by atoms with Gasteiger partial charge in [-0.1, -0.05) is 31.2 Å². The number of aryl methyl sites for hydroxylation is 1. The number of carbonyl (C=O) groups is 2. The van der Waals surface area contributed by atoms with Crippen molar-refractivity contribution in [3.63, 3.8) is 0 Å². The van der Waals surface area contributed by atoms with Gasteiger partial charge in [0, 0.05) is 18.7 Å². The molecule has 1 saturated heterocycles. The van der Waals surface area contributed by atoms with Gasteiger partial charge in [0.2, 0.25) is 11.8 Å². The van der Waals surface area contributed by atoms with Gasteiger partial charge in [-0.15, -0.1) is 0 Å². The molecule has 0 bridgehead atoms. The zero-order valence-electron chi connectivity index (χ0n) is 20.2. The third-order valence-corrected chi connectivity index (χ3v) is 6.04. The number of anilines is 1. The van der Waals surface area contributed by atoms with Crippen LogP contribution in [0.2, 0.25) is 0 Å². The number of benzene rings is 3. The lowest BCUT2D eigenvalue weighted by atomic mass is 10.1. The molecule has 0 spiro atoms. The molecule has 2 amide bonds. The van der Waals surface area contributed by atoms with Crippen LogP contribution in [0.25, 0.3) is 0 Å². The van der Waals surface area contributed by atoms with Gasteiger partial charge < -0.3 is 14.4 Å². The molecule has 3 aromatic carbocycles. The van der Waals surface area contributed by atoms with E-state index in [1.807, 2.05) is 24.3 Å². The molecule has 1 N–H and O–H groups in total. The second-order valence-electron chi connectivity index (χ2n) is 8.49. The van der Waals surface area contributed by atoms with Crippen molar-refractivity contribution in [2.45, 2.75) is 26.4 Å². The topological polar surface area (TPSA) is 80.2 Å². The minimum Gasteiger partial charge on any atom is -0.493 e. The molecule has 0 unspecified atom stereocenters. The Morgan fingerprint density at radius 2 is 1.81 bits per heavy atom. The van der Waals surface area contributed by atoms with Crippen LogP contribution in [-0.4, -0.2) is 31.7 Å². The van der Waals surface area contributed by atoms with Crippen molar-refractivity contribution < 1.29 is 23.5 Å². The molecule has 1 heterocycles. The molecule has 8 heteroatoms. The maximum absolute atomic E-state index is 13.1. The second kappa shape index (κ2) is 11.5. The zero-order chi connectivity index (χ0) is 25.5. The number of rotatable bonds is 9. The number of hydrogen-bond donors (Lipinski definition) is 1. The molecule has 7 nitrogen and oxygen atoms in total. The summed E-state index contributed by atoms with van der Waals surface area (Å²) in [5.74, 6) is -0.135. The van der Waals surface area contributed by atoms with E-state index in [4.69, 9.17) is 9.47 Å².